The number of rotatable bonds is 5. The smallest absolute Gasteiger partial charge is 0.376 e. The van der Waals surface area contributed by atoms with Gasteiger partial charge in [0, 0.05) is 30.2 Å². The first kappa shape index (κ1) is 22.5. The third-order valence-electron chi connectivity index (χ3n) is 5.25. The number of hydrogen-bond acceptors (Lipinski definition) is 5. The molecule has 12 heteroatoms. The molecule has 4 rings (SSSR count). The van der Waals surface area contributed by atoms with Crippen LogP contribution in [0.2, 0.25) is 5.02 Å². The Hall–Kier alpha value is -2.73. The quantitative estimate of drug-likeness (QED) is 0.338. The molecule has 170 valence electrons. The Morgan fingerprint density at radius 3 is 2.72 bits per heavy atom. The molecule has 2 atom stereocenters. The molecule has 2 unspecified atom stereocenters. The first-order valence-corrected chi connectivity index (χ1v) is 9.83. The molecule has 1 fully saturated rings. The summed E-state index contributed by atoms with van der Waals surface area (Å²) in [4.78, 5) is 19.7. The minimum atomic E-state index is -4.65. The van der Waals surface area contributed by atoms with Gasteiger partial charge in [0.1, 0.15) is 12.0 Å². The van der Waals surface area contributed by atoms with Crippen LogP contribution in [0.3, 0.4) is 0 Å². The Bertz CT molecular complexity index is 1170. The average Bonchev–Trinajstić information content (AvgIpc) is 3.27. The van der Waals surface area contributed by atoms with Crippen molar-refractivity contribution in [3.63, 3.8) is 0 Å². The van der Waals surface area contributed by atoms with Crippen LogP contribution < -0.4 is 10.2 Å². The molecule has 1 aliphatic rings. The molecule has 1 amide bonds. The maximum Gasteiger partial charge on any atom is 0.449 e. The lowest BCUT2D eigenvalue weighted by Crippen LogP contribution is -2.55. The summed E-state index contributed by atoms with van der Waals surface area (Å²) >= 11 is 5.79. The van der Waals surface area contributed by atoms with Crippen molar-refractivity contribution in [2.45, 2.75) is 31.0 Å². The monoisotopic (exact) mass is 472 g/mol. The van der Waals surface area contributed by atoms with Crippen molar-refractivity contribution < 1.29 is 32.6 Å². The lowest BCUT2D eigenvalue weighted by atomic mass is 10.00. The number of carbonyl (C=O) groups is 1. The molecule has 0 saturated carbocycles. The van der Waals surface area contributed by atoms with Crippen molar-refractivity contribution in [2.75, 3.05) is 11.4 Å². The van der Waals surface area contributed by atoms with Crippen LogP contribution in [0, 0.1) is 5.82 Å². The van der Waals surface area contributed by atoms with E-state index in [2.05, 4.69) is 15.3 Å². The summed E-state index contributed by atoms with van der Waals surface area (Å²) in [6, 6.07) is 7.81. The van der Waals surface area contributed by atoms with Gasteiger partial charge in [-0.2, -0.15) is 13.2 Å². The molecule has 2 aromatic carbocycles. The third-order valence-corrected chi connectivity index (χ3v) is 5.47. The summed E-state index contributed by atoms with van der Waals surface area (Å²) in [5.41, 5.74) is -1.42. The van der Waals surface area contributed by atoms with Gasteiger partial charge in [0.15, 0.2) is 5.60 Å². The summed E-state index contributed by atoms with van der Waals surface area (Å²) in [5.74, 6) is -2.57. The zero-order valence-electron chi connectivity index (χ0n) is 16.2. The summed E-state index contributed by atoms with van der Waals surface area (Å²) in [7, 11) is 0. The number of aliphatic hydroxyl groups is 2. The van der Waals surface area contributed by atoms with Gasteiger partial charge in [-0.15, -0.1) is 0 Å². The van der Waals surface area contributed by atoms with Crippen molar-refractivity contribution >= 4 is 34.2 Å². The number of benzene rings is 2. The molecule has 0 aliphatic carbocycles. The van der Waals surface area contributed by atoms with E-state index < -0.39 is 35.6 Å². The van der Waals surface area contributed by atoms with Crippen LogP contribution in [0.25, 0.3) is 11.0 Å². The normalized spacial score (nSPS) is 20.3. The van der Waals surface area contributed by atoms with Gasteiger partial charge >= 0.3 is 6.18 Å². The number of H-pyrrole nitrogens is 1. The van der Waals surface area contributed by atoms with Gasteiger partial charge in [-0.25, -0.2) is 9.37 Å². The zero-order chi connectivity index (χ0) is 23.3. The van der Waals surface area contributed by atoms with E-state index in [0.29, 0.717) is 5.56 Å². The highest BCUT2D eigenvalue weighted by Crippen LogP contribution is 2.33. The molecule has 4 N–H and O–H groups in total. The number of alkyl halides is 3. The molecule has 0 bridgehead atoms. The number of nitrogens with one attached hydrogen (secondary N) is 2. The highest BCUT2D eigenvalue weighted by molar-refractivity contribution is 6.30. The summed E-state index contributed by atoms with van der Waals surface area (Å²) in [6.45, 7) is -0.0554. The molecule has 1 aliphatic heterocycles. The van der Waals surface area contributed by atoms with Gasteiger partial charge in [0.2, 0.25) is 5.82 Å². The van der Waals surface area contributed by atoms with E-state index in [4.69, 9.17) is 11.6 Å². The fourth-order valence-electron chi connectivity index (χ4n) is 3.62. The van der Waals surface area contributed by atoms with Crippen LogP contribution in [0.15, 0.2) is 36.4 Å². The Morgan fingerprint density at radius 2 is 2.03 bits per heavy atom. The fraction of sp³-hybridized carbons (Fsp3) is 0.300. The number of aromatic amines is 1. The number of nitrogens with zero attached hydrogens (tertiary/aromatic N) is 2. The molecule has 1 saturated heterocycles. The van der Waals surface area contributed by atoms with Crippen molar-refractivity contribution in [1.29, 1.82) is 0 Å². The Balaban J connectivity index is 1.50. The van der Waals surface area contributed by atoms with Crippen molar-refractivity contribution in [1.82, 2.24) is 15.3 Å². The fourth-order valence-corrected chi connectivity index (χ4v) is 3.86. The van der Waals surface area contributed by atoms with E-state index in [0.717, 1.165) is 11.0 Å². The number of anilines is 1. The zero-order valence-corrected chi connectivity index (χ0v) is 17.0. The second-order valence-corrected chi connectivity index (χ2v) is 7.91. The molecule has 0 spiro atoms. The average molecular weight is 473 g/mol. The van der Waals surface area contributed by atoms with Gasteiger partial charge < -0.3 is 20.1 Å². The van der Waals surface area contributed by atoms with Gasteiger partial charge in [-0.3, -0.25) is 10.1 Å². The summed E-state index contributed by atoms with van der Waals surface area (Å²) in [6.07, 6.45) is -6.47. The minimum Gasteiger partial charge on any atom is -0.376 e. The predicted molar refractivity (Wildman–Crippen MR) is 107 cm³/mol. The highest BCUT2D eigenvalue weighted by Gasteiger charge is 2.51. The SMILES string of the molecule is O=C1N(c2ccc3nc(C(F)(F)F)[nH]c3c2)CCC1(O)C(O)NCc1cc(F)cc(Cl)c1. The van der Waals surface area contributed by atoms with Crippen LogP contribution in [-0.4, -0.2) is 44.5 Å². The van der Waals surface area contributed by atoms with Gasteiger partial charge in [-0.1, -0.05) is 11.6 Å². The minimum absolute atomic E-state index is 0.0195. The van der Waals surface area contributed by atoms with Crippen LogP contribution in [0.4, 0.5) is 23.2 Å². The van der Waals surface area contributed by atoms with E-state index in [1.54, 1.807) is 0 Å². The maximum absolute atomic E-state index is 13.5. The van der Waals surface area contributed by atoms with Crippen molar-refractivity contribution in [3.05, 3.63) is 58.6 Å². The van der Waals surface area contributed by atoms with Crippen molar-refractivity contribution in [3.8, 4) is 0 Å². The first-order valence-electron chi connectivity index (χ1n) is 9.45. The number of halogens is 5. The number of amides is 1. The van der Waals surface area contributed by atoms with E-state index in [1.807, 2.05) is 0 Å². The van der Waals surface area contributed by atoms with E-state index in [1.165, 1.54) is 30.3 Å². The Kier molecular flexibility index (Phi) is 5.61. The number of hydrogen-bond donors (Lipinski definition) is 4. The van der Waals surface area contributed by atoms with Crippen LogP contribution in [-0.2, 0) is 17.5 Å². The van der Waals surface area contributed by atoms with E-state index in [-0.39, 0.29) is 41.3 Å². The number of aliphatic hydroxyl groups excluding tert-OH is 1. The topological polar surface area (TPSA) is 101 Å². The van der Waals surface area contributed by atoms with Gasteiger partial charge in [0.25, 0.3) is 5.91 Å². The molecule has 3 aromatic rings. The first-order chi connectivity index (χ1) is 15.0. The molecule has 7 nitrogen and oxygen atoms in total. The second kappa shape index (κ2) is 8.00. The van der Waals surface area contributed by atoms with Crippen LogP contribution in [0.1, 0.15) is 17.8 Å². The van der Waals surface area contributed by atoms with E-state index >= 15 is 0 Å². The maximum atomic E-state index is 13.5. The molecule has 2 heterocycles. The van der Waals surface area contributed by atoms with E-state index in [9.17, 15) is 32.6 Å². The highest BCUT2D eigenvalue weighted by atomic mass is 35.5. The number of aromatic nitrogens is 2. The number of fused-ring (bicyclic) bond motifs is 1. The summed E-state index contributed by atoms with van der Waals surface area (Å²) < 4.78 is 52.0. The van der Waals surface area contributed by atoms with Gasteiger partial charge in [-0.05, 0) is 42.0 Å². The molecular weight excluding hydrogens is 456 g/mol. The number of carbonyl (C=O) groups excluding carboxylic acids is 1. The van der Waals surface area contributed by atoms with Crippen molar-refractivity contribution in [2.24, 2.45) is 0 Å². The standard InChI is InChI=1S/C20H17ClF4N4O3/c21-11-5-10(6-12(22)7-11)9-26-17(30)19(32)3-4-29(18(19)31)13-1-2-14-15(8-13)28-16(27-14)20(23,24)25/h1-2,5-8,17,26,30,32H,3-4,9H2,(H,27,28). The second-order valence-electron chi connectivity index (χ2n) is 7.48. The van der Waals surface area contributed by atoms with Crippen LogP contribution >= 0.6 is 11.6 Å². The van der Waals surface area contributed by atoms with Crippen LogP contribution in [0.5, 0.6) is 0 Å². The lowest BCUT2D eigenvalue weighted by Gasteiger charge is -2.28. The summed E-state index contributed by atoms with van der Waals surface area (Å²) in [5, 5.41) is 24.0. The largest absolute Gasteiger partial charge is 0.449 e. The molecule has 1 aromatic heterocycles. The Morgan fingerprint density at radius 1 is 1.28 bits per heavy atom. The molecule has 0 radical (unpaired) electrons. The molecular formula is C20H17ClF4N4O3. The number of imidazole rings is 1. The Labute approximate surface area is 183 Å². The third kappa shape index (κ3) is 4.16. The molecule has 32 heavy (non-hydrogen) atoms. The lowest BCUT2D eigenvalue weighted by molar-refractivity contribution is -0.148. The van der Waals surface area contributed by atoms with Gasteiger partial charge in [0.05, 0.1) is 11.0 Å². The predicted octanol–water partition coefficient (Wildman–Crippen LogP) is 2.95.